The summed E-state index contributed by atoms with van der Waals surface area (Å²) >= 11 is 0. The second-order valence-electron chi connectivity index (χ2n) is 5.35. The molecule has 0 heterocycles. The number of benzene rings is 1. The molecule has 0 saturated heterocycles. The van der Waals surface area contributed by atoms with Crippen molar-refractivity contribution in [2.45, 2.75) is 19.4 Å². The van der Waals surface area contributed by atoms with Crippen LogP contribution in [0, 0.1) is 11.8 Å². The maximum absolute atomic E-state index is 12.3. The van der Waals surface area contributed by atoms with Crippen LogP contribution in [0.1, 0.15) is 29.8 Å². The van der Waals surface area contributed by atoms with Crippen molar-refractivity contribution >= 4 is 5.91 Å². The highest BCUT2D eigenvalue weighted by atomic mass is 16.5. The van der Waals surface area contributed by atoms with Crippen LogP contribution in [-0.2, 0) is 0 Å². The first-order chi connectivity index (χ1) is 9.78. The minimum Gasteiger partial charge on any atom is -0.495 e. The first-order valence-corrected chi connectivity index (χ1v) is 6.54. The fourth-order valence-corrected chi connectivity index (χ4v) is 1.95. The van der Waals surface area contributed by atoms with Crippen molar-refractivity contribution in [2.24, 2.45) is 0 Å². The number of methoxy groups -OCH3 is 1. The van der Waals surface area contributed by atoms with Gasteiger partial charge in [-0.25, -0.2) is 0 Å². The lowest BCUT2D eigenvalue weighted by atomic mass is 10.1. The Bertz CT molecular complexity index is 564. The van der Waals surface area contributed by atoms with Gasteiger partial charge in [-0.2, -0.15) is 0 Å². The fraction of sp³-hybridized carbons (Fsp3) is 0.438. The van der Waals surface area contributed by atoms with Gasteiger partial charge in [-0.1, -0.05) is 11.8 Å². The van der Waals surface area contributed by atoms with Gasteiger partial charge in [0, 0.05) is 19.2 Å². The predicted octanol–water partition coefficient (Wildman–Crippen LogP) is 0.882. The zero-order valence-electron chi connectivity index (χ0n) is 12.8. The van der Waals surface area contributed by atoms with E-state index in [2.05, 4.69) is 11.8 Å². The molecule has 0 bridgehead atoms. The van der Waals surface area contributed by atoms with E-state index in [1.165, 1.54) is 12.0 Å². The van der Waals surface area contributed by atoms with Crippen LogP contribution in [0.4, 0.5) is 0 Å². The van der Waals surface area contributed by atoms with Gasteiger partial charge >= 0.3 is 0 Å². The largest absolute Gasteiger partial charge is 0.495 e. The van der Waals surface area contributed by atoms with Crippen molar-refractivity contribution in [2.75, 3.05) is 27.3 Å². The zero-order valence-corrected chi connectivity index (χ0v) is 12.8. The molecule has 0 atom stereocenters. The molecule has 2 N–H and O–H groups in total. The van der Waals surface area contributed by atoms with Gasteiger partial charge in [0.25, 0.3) is 5.91 Å². The molecule has 5 heteroatoms. The Morgan fingerprint density at radius 1 is 1.43 bits per heavy atom. The molecule has 1 aromatic rings. The number of hydrogen-bond acceptors (Lipinski definition) is 4. The van der Waals surface area contributed by atoms with Gasteiger partial charge in [0.2, 0.25) is 0 Å². The summed E-state index contributed by atoms with van der Waals surface area (Å²) in [5, 5.41) is 18.5. The molecule has 5 nitrogen and oxygen atoms in total. The number of aliphatic hydroxyl groups is 2. The van der Waals surface area contributed by atoms with Crippen molar-refractivity contribution in [3.63, 3.8) is 0 Å². The molecule has 0 unspecified atom stereocenters. The van der Waals surface area contributed by atoms with Crippen LogP contribution >= 0.6 is 0 Å². The van der Waals surface area contributed by atoms with Crippen LogP contribution in [0.3, 0.4) is 0 Å². The van der Waals surface area contributed by atoms with E-state index in [1.54, 1.807) is 39.1 Å². The molecular formula is C16H21NO4. The molecule has 0 radical (unpaired) electrons. The molecule has 0 aliphatic carbocycles. The van der Waals surface area contributed by atoms with Crippen LogP contribution in [-0.4, -0.2) is 53.9 Å². The van der Waals surface area contributed by atoms with Crippen molar-refractivity contribution < 1.29 is 19.7 Å². The Hall–Kier alpha value is -2.03. The molecule has 114 valence electrons. The molecule has 0 fully saturated rings. The van der Waals surface area contributed by atoms with E-state index in [0.717, 1.165) is 0 Å². The Kier molecular flexibility index (Phi) is 5.77. The molecule has 0 saturated carbocycles. The van der Waals surface area contributed by atoms with E-state index in [1.807, 2.05) is 0 Å². The molecule has 1 aromatic carbocycles. The van der Waals surface area contributed by atoms with Gasteiger partial charge in [-0.15, -0.1) is 0 Å². The van der Waals surface area contributed by atoms with Gasteiger partial charge in [0.15, 0.2) is 0 Å². The van der Waals surface area contributed by atoms with Crippen molar-refractivity contribution in [3.8, 4) is 17.6 Å². The third kappa shape index (κ3) is 5.10. The number of likely N-dealkylation sites (N-methyl/N-ethyl adjacent to an activating group) is 1. The average molecular weight is 291 g/mol. The van der Waals surface area contributed by atoms with Crippen LogP contribution in [0.15, 0.2) is 18.2 Å². The van der Waals surface area contributed by atoms with E-state index < -0.39 is 5.60 Å². The van der Waals surface area contributed by atoms with Crippen LogP contribution < -0.4 is 4.74 Å². The summed E-state index contributed by atoms with van der Waals surface area (Å²) in [5.74, 6) is 5.61. The highest BCUT2D eigenvalue weighted by Gasteiger charge is 2.20. The fourth-order valence-electron chi connectivity index (χ4n) is 1.95. The molecular weight excluding hydrogens is 270 g/mol. The van der Waals surface area contributed by atoms with Crippen LogP contribution in [0.2, 0.25) is 0 Å². The van der Waals surface area contributed by atoms with E-state index in [4.69, 9.17) is 9.84 Å². The van der Waals surface area contributed by atoms with Crippen LogP contribution in [0.5, 0.6) is 5.75 Å². The summed E-state index contributed by atoms with van der Waals surface area (Å²) in [4.78, 5) is 13.8. The molecule has 0 aromatic heterocycles. The summed E-state index contributed by atoms with van der Waals surface area (Å²) in [6, 6.07) is 4.92. The average Bonchev–Trinajstić information content (AvgIpc) is 2.42. The van der Waals surface area contributed by atoms with Gasteiger partial charge < -0.3 is 19.8 Å². The van der Waals surface area contributed by atoms with E-state index in [9.17, 15) is 9.90 Å². The molecule has 1 rings (SSSR count). The maximum atomic E-state index is 12.3. The number of carbonyl (C=O) groups excluding carboxylic acids is 1. The smallest absolute Gasteiger partial charge is 0.253 e. The Morgan fingerprint density at radius 2 is 2.10 bits per heavy atom. The summed E-state index contributed by atoms with van der Waals surface area (Å²) in [5.41, 5.74) is 0.0231. The van der Waals surface area contributed by atoms with Crippen molar-refractivity contribution in [1.29, 1.82) is 0 Å². The van der Waals surface area contributed by atoms with Crippen molar-refractivity contribution in [1.82, 2.24) is 4.90 Å². The SMILES string of the molecule is COc1ccc(C(=O)N(C)CC(C)(C)O)cc1C#CCO. The number of nitrogens with zero attached hydrogens (tertiary/aromatic N) is 1. The standard InChI is InChI=1S/C16H21NO4/c1-16(2,20)11-17(3)15(19)13-7-8-14(21-4)12(10-13)6-5-9-18/h7-8,10,18,20H,9,11H2,1-4H3. The number of carbonyl (C=O) groups is 1. The number of aliphatic hydroxyl groups excluding tert-OH is 1. The minimum atomic E-state index is -0.962. The number of ether oxygens (including phenoxy) is 1. The highest BCUT2D eigenvalue weighted by molar-refractivity contribution is 5.94. The normalized spacial score (nSPS) is 10.6. The van der Waals surface area contributed by atoms with E-state index >= 15 is 0 Å². The molecule has 1 amide bonds. The van der Waals surface area contributed by atoms with E-state index in [0.29, 0.717) is 16.9 Å². The van der Waals surface area contributed by atoms with E-state index in [-0.39, 0.29) is 19.1 Å². The lowest BCUT2D eigenvalue weighted by Gasteiger charge is -2.25. The second kappa shape index (κ2) is 7.11. The maximum Gasteiger partial charge on any atom is 0.253 e. The summed E-state index contributed by atoms with van der Waals surface area (Å²) < 4.78 is 5.17. The third-order valence-corrected chi connectivity index (χ3v) is 2.72. The Labute approximate surface area is 125 Å². The number of rotatable bonds is 4. The second-order valence-corrected chi connectivity index (χ2v) is 5.35. The first-order valence-electron chi connectivity index (χ1n) is 6.54. The van der Waals surface area contributed by atoms with Gasteiger partial charge in [0.1, 0.15) is 12.4 Å². The third-order valence-electron chi connectivity index (χ3n) is 2.72. The van der Waals surface area contributed by atoms with Crippen molar-refractivity contribution in [3.05, 3.63) is 29.3 Å². The predicted molar refractivity (Wildman–Crippen MR) is 80.2 cm³/mol. The van der Waals surface area contributed by atoms with Gasteiger partial charge in [-0.3, -0.25) is 4.79 Å². The molecule has 0 spiro atoms. The lowest BCUT2D eigenvalue weighted by molar-refractivity contribution is 0.0368. The topological polar surface area (TPSA) is 70.0 Å². The summed E-state index contributed by atoms with van der Waals surface area (Å²) in [7, 11) is 3.14. The molecule has 0 aliphatic rings. The van der Waals surface area contributed by atoms with Gasteiger partial charge in [-0.05, 0) is 32.0 Å². The zero-order chi connectivity index (χ0) is 16.0. The highest BCUT2D eigenvalue weighted by Crippen LogP contribution is 2.20. The Balaban J connectivity index is 3.05. The minimum absolute atomic E-state index is 0.216. The molecule has 21 heavy (non-hydrogen) atoms. The quantitative estimate of drug-likeness (QED) is 0.808. The number of hydrogen-bond donors (Lipinski definition) is 2. The lowest BCUT2D eigenvalue weighted by Crippen LogP contribution is -2.39. The monoisotopic (exact) mass is 291 g/mol. The summed E-state index contributed by atoms with van der Waals surface area (Å²) in [6.45, 7) is 3.24. The number of amides is 1. The van der Waals surface area contributed by atoms with Crippen LogP contribution in [0.25, 0.3) is 0 Å². The molecule has 0 aliphatic heterocycles. The summed E-state index contributed by atoms with van der Waals surface area (Å²) in [6.07, 6.45) is 0. The Morgan fingerprint density at radius 3 is 2.62 bits per heavy atom. The van der Waals surface area contributed by atoms with Gasteiger partial charge in [0.05, 0.1) is 18.3 Å². The first kappa shape index (κ1) is 17.0.